The Bertz CT molecular complexity index is 494. The summed E-state index contributed by atoms with van der Waals surface area (Å²) >= 11 is 0. The lowest BCUT2D eigenvalue weighted by atomic mass is 10.0. The first-order valence-electron chi connectivity index (χ1n) is 5.38. The molecule has 1 N–H and O–H groups in total. The van der Waals surface area contributed by atoms with Crippen LogP contribution in [0.2, 0.25) is 0 Å². The van der Waals surface area contributed by atoms with E-state index in [2.05, 4.69) is 6.58 Å². The van der Waals surface area contributed by atoms with Gasteiger partial charge in [0.05, 0.1) is 6.07 Å². The van der Waals surface area contributed by atoms with E-state index in [-0.39, 0.29) is 5.76 Å². The van der Waals surface area contributed by atoms with Crippen LogP contribution in [0.25, 0.3) is 0 Å². The number of allylic oxidation sites excluding steroid dienone is 10. The molecule has 2 nitrogen and oxygen atoms in total. The maximum absolute atomic E-state index is 9.36. The quantitative estimate of drug-likeness (QED) is 0.584. The van der Waals surface area contributed by atoms with Crippen molar-refractivity contribution in [2.24, 2.45) is 0 Å². The Hall–Kier alpha value is -2.27. The highest BCUT2D eigenvalue weighted by Gasteiger charge is 2.00. The molecule has 0 saturated heterocycles. The summed E-state index contributed by atoms with van der Waals surface area (Å²) in [5, 5.41) is 18.0. The predicted molar refractivity (Wildman–Crippen MR) is 70.2 cm³/mol. The van der Waals surface area contributed by atoms with Crippen LogP contribution in [0.5, 0.6) is 0 Å². The van der Waals surface area contributed by atoms with E-state index in [1.165, 1.54) is 0 Å². The molecular formula is C15H15NO. The molecule has 0 spiro atoms. The van der Waals surface area contributed by atoms with Crippen molar-refractivity contribution < 1.29 is 5.11 Å². The highest BCUT2D eigenvalue weighted by molar-refractivity contribution is 5.50. The molecule has 0 saturated carbocycles. The van der Waals surface area contributed by atoms with E-state index in [0.29, 0.717) is 12.0 Å². The molecule has 1 rings (SSSR count). The van der Waals surface area contributed by atoms with Gasteiger partial charge >= 0.3 is 0 Å². The molecule has 1 aliphatic carbocycles. The molecule has 0 atom stereocenters. The van der Waals surface area contributed by atoms with Gasteiger partial charge in [0.25, 0.3) is 0 Å². The van der Waals surface area contributed by atoms with Gasteiger partial charge in [0.15, 0.2) is 0 Å². The molecule has 0 heterocycles. The maximum Gasteiger partial charge on any atom is 0.111 e. The Kier molecular flexibility index (Phi) is 4.77. The molecule has 0 amide bonds. The molecule has 86 valence electrons. The van der Waals surface area contributed by atoms with Crippen molar-refractivity contribution in [3.8, 4) is 6.07 Å². The summed E-state index contributed by atoms with van der Waals surface area (Å²) < 4.78 is 0. The van der Waals surface area contributed by atoms with E-state index < -0.39 is 0 Å². The average Bonchev–Trinajstić information content (AvgIpc) is 2.55. The van der Waals surface area contributed by atoms with E-state index in [4.69, 9.17) is 5.26 Å². The van der Waals surface area contributed by atoms with Crippen LogP contribution in [-0.2, 0) is 0 Å². The Morgan fingerprint density at radius 1 is 1.41 bits per heavy atom. The lowest BCUT2D eigenvalue weighted by Gasteiger charge is -2.01. The highest BCUT2D eigenvalue weighted by atomic mass is 16.3. The largest absolute Gasteiger partial charge is 0.508 e. The average molecular weight is 225 g/mol. The van der Waals surface area contributed by atoms with Crippen LogP contribution in [-0.4, -0.2) is 5.11 Å². The molecule has 0 aromatic rings. The van der Waals surface area contributed by atoms with Gasteiger partial charge in [0.2, 0.25) is 0 Å². The van der Waals surface area contributed by atoms with Crippen molar-refractivity contribution in [1.29, 1.82) is 5.26 Å². The zero-order valence-corrected chi connectivity index (χ0v) is 9.85. The molecule has 0 unspecified atom stereocenters. The van der Waals surface area contributed by atoms with Gasteiger partial charge in [-0.3, -0.25) is 0 Å². The van der Waals surface area contributed by atoms with E-state index in [1.807, 2.05) is 37.3 Å². The van der Waals surface area contributed by atoms with Crippen LogP contribution >= 0.6 is 0 Å². The standard InChI is InChI=1S/C15H15NO/c1-3-13(8-7-12(2)11-16)14-5-4-6-15(17)10-9-14/h3,5-10,17H,2,4H2,1H3/b8-7-,13-3+. The second kappa shape index (κ2) is 6.34. The first-order valence-corrected chi connectivity index (χ1v) is 5.38. The zero-order valence-electron chi connectivity index (χ0n) is 9.85. The molecular weight excluding hydrogens is 210 g/mol. The third-order valence-corrected chi connectivity index (χ3v) is 2.35. The molecule has 2 heteroatoms. The summed E-state index contributed by atoms with van der Waals surface area (Å²) in [7, 11) is 0. The Balaban J connectivity index is 2.88. The van der Waals surface area contributed by atoms with E-state index >= 15 is 0 Å². The highest BCUT2D eigenvalue weighted by Crippen LogP contribution is 2.18. The number of aliphatic hydroxyl groups excluding tert-OH is 1. The van der Waals surface area contributed by atoms with Crippen LogP contribution < -0.4 is 0 Å². The number of aliphatic hydroxyl groups is 1. The smallest absolute Gasteiger partial charge is 0.111 e. The second-order valence-corrected chi connectivity index (χ2v) is 3.57. The fraction of sp³-hybridized carbons (Fsp3) is 0.133. The molecule has 0 aromatic carbocycles. The molecule has 0 aliphatic heterocycles. The number of nitrogens with zero attached hydrogens (tertiary/aromatic N) is 1. The minimum absolute atomic E-state index is 0.275. The van der Waals surface area contributed by atoms with Crippen LogP contribution in [0.4, 0.5) is 0 Å². The fourth-order valence-electron chi connectivity index (χ4n) is 1.42. The van der Waals surface area contributed by atoms with Gasteiger partial charge in [-0.1, -0.05) is 30.9 Å². The maximum atomic E-state index is 9.36. The van der Waals surface area contributed by atoms with E-state index in [0.717, 1.165) is 11.1 Å². The van der Waals surface area contributed by atoms with Gasteiger partial charge < -0.3 is 5.11 Å². The molecule has 1 aliphatic rings. The Morgan fingerprint density at radius 3 is 2.82 bits per heavy atom. The number of hydrogen-bond acceptors (Lipinski definition) is 2. The molecule has 0 radical (unpaired) electrons. The molecule has 17 heavy (non-hydrogen) atoms. The number of rotatable bonds is 3. The van der Waals surface area contributed by atoms with Gasteiger partial charge in [0.1, 0.15) is 5.76 Å². The van der Waals surface area contributed by atoms with Crippen molar-refractivity contribution in [3.05, 3.63) is 71.6 Å². The minimum Gasteiger partial charge on any atom is -0.508 e. The van der Waals surface area contributed by atoms with E-state index in [1.54, 1.807) is 18.2 Å². The predicted octanol–water partition coefficient (Wildman–Crippen LogP) is 3.90. The molecule has 0 bridgehead atoms. The zero-order chi connectivity index (χ0) is 12.7. The summed E-state index contributed by atoms with van der Waals surface area (Å²) in [5.74, 6) is 0.275. The Labute approximate surface area is 102 Å². The van der Waals surface area contributed by atoms with Crippen molar-refractivity contribution in [3.63, 3.8) is 0 Å². The normalized spacial score (nSPS) is 16.1. The van der Waals surface area contributed by atoms with Gasteiger partial charge in [-0.2, -0.15) is 5.26 Å². The topological polar surface area (TPSA) is 44.0 Å². The van der Waals surface area contributed by atoms with Gasteiger partial charge in [-0.05, 0) is 42.7 Å². The first kappa shape index (κ1) is 12.8. The first-order chi connectivity index (χ1) is 8.17. The van der Waals surface area contributed by atoms with Crippen LogP contribution in [0, 0.1) is 11.3 Å². The number of hydrogen-bond donors (Lipinski definition) is 1. The van der Waals surface area contributed by atoms with Gasteiger partial charge in [-0.15, -0.1) is 0 Å². The summed E-state index contributed by atoms with van der Waals surface area (Å²) in [4.78, 5) is 0. The van der Waals surface area contributed by atoms with Crippen LogP contribution in [0.15, 0.2) is 71.6 Å². The second-order valence-electron chi connectivity index (χ2n) is 3.57. The lowest BCUT2D eigenvalue weighted by molar-refractivity contribution is 0.431. The minimum atomic E-state index is 0.275. The summed E-state index contributed by atoms with van der Waals surface area (Å²) in [6.45, 7) is 5.52. The summed E-state index contributed by atoms with van der Waals surface area (Å²) in [5.41, 5.74) is 2.44. The van der Waals surface area contributed by atoms with Gasteiger partial charge in [0, 0.05) is 5.57 Å². The van der Waals surface area contributed by atoms with Crippen molar-refractivity contribution in [2.45, 2.75) is 13.3 Å². The monoisotopic (exact) mass is 225 g/mol. The third kappa shape index (κ3) is 4.00. The SMILES string of the molecule is C=C(C#N)/C=C\C(=C/C)C1=CCC=C(O)C=C1. The van der Waals surface area contributed by atoms with Crippen molar-refractivity contribution >= 4 is 0 Å². The van der Waals surface area contributed by atoms with Crippen molar-refractivity contribution in [2.75, 3.05) is 0 Å². The van der Waals surface area contributed by atoms with E-state index in [9.17, 15) is 5.11 Å². The van der Waals surface area contributed by atoms with Crippen LogP contribution in [0.3, 0.4) is 0 Å². The summed E-state index contributed by atoms with van der Waals surface area (Å²) in [6, 6.07) is 1.97. The number of nitriles is 1. The third-order valence-electron chi connectivity index (χ3n) is 2.35. The Morgan fingerprint density at radius 2 is 2.18 bits per heavy atom. The van der Waals surface area contributed by atoms with Gasteiger partial charge in [-0.25, -0.2) is 0 Å². The molecule has 0 fully saturated rings. The van der Waals surface area contributed by atoms with Crippen molar-refractivity contribution in [1.82, 2.24) is 0 Å². The lowest BCUT2D eigenvalue weighted by Crippen LogP contribution is -1.83. The summed E-state index contributed by atoms with van der Waals surface area (Å²) in [6.07, 6.45) is 13.5. The van der Waals surface area contributed by atoms with Crippen LogP contribution in [0.1, 0.15) is 13.3 Å². The fourth-order valence-corrected chi connectivity index (χ4v) is 1.42. The molecule has 0 aromatic heterocycles.